The van der Waals surface area contributed by atoms with E-state index in [9.17, 15) is 5.26 Å². The van der Waals surface area contributed by atoms with Crippen LogP contribution in [-0.2, 0) is 0 Å². The SMILES string of the molecule is Cc1ccc(-c2c(C)c(C)nc(N)c2C#N)s1. The highest BCUT2D eigenvalue weighted by Gasteiger charge is 2.16. The predicted octanol–water partition coefficient (Wildman–Crippen LogP) is 3.19. The number of hydrogen-bond acceptors (Lipinski definition) is 4. The van der Waals surface area contributed by atoms with Crippen molar-refractivity contribution in [2.75, 3.05) is 5.73 Å². The van der Waals surface area contributed by atoms with Crippen molar-refractivity contribution in [1.82, 2.24) is 4.98 Å². The van der Waals surface area contributed by atoms with Gasteiger partial charge in [-0.15, -0.1) is 11.3 Å². The molecular formula is C13H13N3S. The molecule has 3 nitrogen and oxygen atoms in total. The zero-order valence-electron chi connectivity index (χ0n) is 10.0. The van der Waals surface area contributed by atoms with E-state index in [0.717, 1.165) is 21.7 Å². The fourth-order valence-corrected chi connectivity index (χ4v) is 2.78. The van der Waals surface area contributed by atoms with E-state index in [1.165, 1.54) is 4.88 Å². The number of rotatable bonds is 1. The van der Waals surface area contributed by atoms with Crippen LogP contribution < -0.4 is 5.73 Å². The summed E-state index contributed by atoms with van der Waals surface area (Å²) in [6.45, 7) is 5.94. The van der Waals surface area contributed by atoms with Crippen LogP contribution in [0.2, 0.25) is 0 Å². The summed E-state index contributed by atoms with van der Waals surface area (Å²) in [7, 11) is 0. The smallest absolute Gasteiger partial charge is 0.142 e. The molecule has 2 aromatic rings. The number of anilines is 1. The van der Waals surface area contributed by atoms with E-state index in [1.54, 1.807) is 11.3 Å². The summed E-state index contributed by atoms with van der Waals surface area (Å²) < 4.78 is 0. The molecule has 0 aliphatic carbocycles. The highest BCUT2D eigenvalue weighted by Crippen LogP contribution is 2.35. The van der Waals surface area contributed by atoms with Crippen LogP contribution in [0.25, 0.3) is 10.4 Å². The van der Waals surface area contributed by atoms with E-state index in [-0.39, 0.29) is 0 Å². The van der Waals surface area contributed by atoms with Gasteiger partial charge in [0.2, 0.25) is 0 Å². The first-order chi connectivity index (χ1) is 8.04. The van der Waals surface area contributed by atoms with Gasteiger partial charge in [0.1, 0.15) is 17.5 Å². The Kier molecular flexibility index (Phi) is 2.86. The summed E-state index contributed by atoms with van der Waals surface area (Å²) in [5, 5.41) is 9.22. The molecule has 17 heavy (non-hydrogen) atoms. The van der Waals surface area contributed by atoms with Gasteiger partial charge in [0.25, 0.3) is 0 Å². The molecule has 0 aliphatic rings. The van der Waals surface area contributed by atoms with Gasteiger partial charge in [-0.3, -0.25) is 0 Å². The maximum absolute atomic E-state index is 9.22. The Labute approximate surface area is 105 Å². The molecule has 2 rings (SSSR count). The molecule has 0 spiro atoms. The average molecular weight is 243 g/mol. The molecule has 4 heteroatoms. The quantitative estimate of drug-likeness (QED) is 0.836. The zero-order valence-corrected chi connectivity index (χ0v) is 10.9. The number of thiophene rings is 1. The molecular weight excluding hydrogens is 230 g/mol. The summed E-state index contributed by atoms with van der Waals surface area (Å²) in [6.07, 6.45) is 0. The Morgan fingerprint density at radius 3 is 2.53 bits per heavy atom. The molecule has 0 saturated heterocycles. The lowest BCUT2D eigenvalue weighted by molar-refractivity contribution is 1.15. The van der Waals surface area contributed by atoms with Crippen LogP contribution in [0, 0.1) is 32.1 Å². The van der Waals surface area contributed by atoms with Crippen LogP contribution in [0.4, 0.5) is 5.82 Å². The van der Waals surface area contributed by atoms with Crippen molar-refractivity contribution in [2.45, 2.75) is 20.8 Å². The summed E-state index contributed by atoms with van der Waals surface area (Å²) in [5.74, 6) is 0.316. The number of pyridine rings is 1. The Morgan fingerprint density at radius 2 is 2.00 bits per heavy atom. The molecule has 0 bridgehead atoms. The third-order valence-corrected chi connectivity index (χ3v) is 3.83. The number of nitrogens with two attached hydrogens (primary N) is 1. The van der Waals surface area contributed by atoms with E-state index in [4.69, 9.17) is 5.73 Å². The maximum atomic E-state index is 9.22. The second-order valence-corrected chi connectivity index (χ2v) is 5.27. The van der Waals surface area contributed by atoms with Gasteiger partial charge in [-0.1, -0.05) is 0 Å². The summed E-state index contributed by atoms with van der Waals surface area (Å²) in [5.41, 5.74) is 9.13. The Bertz CT molecular complexity index is 620. The summed E-state index contributed by atoms with van der Waals surface area (Å²) >= 11 is 1.67. The standard InChI is InChI=1S/C13H13N3S/c1-7-4-5-11(17-7)12-8(2)9(3)16-13(15)10(12)6-14/h4-5H,1-3H3,(H2,15,16). The molecule has 86 valence electrons. The lowest BCUT2D eigenvalue weighted by Crippen LogP contribution is -2.02. The molecule has 0 aliphatic heterocycles. The van der Waals surface area contributed by atoms with Gasteiger partial charge < -0.3 is 5.73 Å². The van der Waals surface area contributed by atoms with Crippen molar-refractivity contribution < 1.29 is 0 Å². The number of nitrogens with zero attached hydrogens (tertiary/aromatic N) is 2. The van der Waals surface area contributed by atoms with Crippen molar-refractivity contribution in [3.8, 4) is 16.5 Å². The molecule has 0 aromatic carbocycles. The van der Waals surface area contributed by atoms with Gasteiger partial charge in [0, 0.05) is 21.0 Å². The topological polar surface area (TPSA) is 62.7 Å². The van der Waals surface area contributed by atoms with Crippen molar-refractivity contribution in [3.63, 3.8) is 0 Å². The van der Waals surface area contributed by atoms with E-state index >= 15 is 0 Å². The first-order valence-corrected chi connectivity index (χ1v) is 6.09. The van der Waals surface area contributed by atoms with Gasteiger partial charge in [-0.2, -0.15) is 5.26 Å². The molecule has 2 heterocycles. The normalized spacial score (nSPS) is 10.2. The fraction of sp³-hybridized carbons (Fsp3) is 0.231. The lowest BCUT2D eigenvalue weighted by Gasteiger charge is -2.10. The van der Waals surface area contributed by atoms with E-state index < -0.39 is 0 Å². The van der Waals surface area contributed by atoms with Gasteiger partial charge in [-0.25, -0.2) is 4.98 Å². The number of nitriles is 1. The Morgan fingerprint density at radius 1 is 1.29 bits per heavy atom. The van der Waals surface area contributed by atoms with Crippen molar-refractivity contribution in [1.29, 1.82) is 5.26 Å². The highest BCUT2D eigenvalue weighted by atomic mass is 32.1. The predicted molar refractivity (Wildman–Crippen MR) is 70.9 cm³/mol. The van der Waals surface area contributed by atoms with Crippen LogP contribution in [0.3, 0.4) is 0 Å². The van der Waals surface area contributed by atoms with Crippen LogP contribution in [-0.4, -0.2) is 4.98 Å². The fourth-order valence-electron chi connectivity index (χ4n) is 1.81. The number of nitrogen functional groups attached to an aromatic ring is 1. The van der Waals surface area contributed by atoms with Crippen molar-refractivity contribution in [2.24, 2.45) is 0 Å². The van der Waals surface area contributed by atoms with Crippen molar-refractivity contribution in [3.05, 3.63) is 33.8 Å². The number of aromatic nitrogens is 1. The molecule has 0 atom stereocenters. The minimum absolute atomic E-state index is 0.316. The summed E-state index contributed by atoms with van der Waals surface area (Å²) in [4.78, 5) is 6.49. The molecule has 2 aromatic heterocycles. The van der Waals surface area contributed by atoms with Gasteiger partial charge in [-0.05, 0) is 38.5 Å². The maximum Gasteiger partial charge on any atom is 0.142 e. The third-order valence-electron chi connectivity index (χ3n) is 2.81. The largest absolute Gasteiger partial charge is 0.383 e. The van der Waals surface area contributed by atoms with E-state index in [1.807, 2.05) is 32.9 Å². The lowest BCUT2D eigenvalue weighted by atomic mass is 10.0. The van der Waals surface area contributed by atoms with Gasteiger partial charge >= 0.3 is 0 Å². The molecule has 0 amide bonds. The number of hydrogen-bond donors (Lipinski definition) is 1. The highest BCUT2D eigenvalue weighted by molar-refractivity contribution is 7.15. The second kappa shape index (κ2) is 4.19. The van der Waals surface area contributed by atoms with Crippen LogP contribution in [0.5, 0.6) is 0 Å². The van der Waals surface area contributed by atoms with Gasteiger partial charge in [0.05, 0.1) is 0 Å². The second-order valence-electron chi connectivity index (χ2n) is 3.98. The molecule has 0 saturated carbocycles. The molecule has 0 radical (unpaired) electrons. The molecule has 0 unspecified atom stereocenters. The minimum Gasteiger partial charge on any atom is -0.383 e. The Balaban J connectivity index is 2.80. The van der Waals surface area contributed by atoms with Crippen LogP contribution in [0.1, 0.15) is 21.7 Å². The number of aryl methyl sites for hydroxylation is 2. The molecule has 2 N–H and O–H groups in total. The molecule has 0 fully saturated rings. The monoisotopic (exact) mass is 243 g/mol. The van der Waals surface area contributed by atoms with Crippen LogP contribution in [0.15, 0.2) is 12.1 Å². The first kappa shape index (κ1) is 11.6. The minimum atomic E-state index is 0.316. The average Bonchev–Trinajstić information content (AvgIpc) is 2.69. The summed E-state index contributed by atoms with van der Waals surface area (Å²) in [6, 6.07) is 6.24. The third kappa shape index (κ3) is 1.90. The van der Waals surface area contributed by atoms with E-state index in [0.29, 0.717) is 11.4 Å². The zero-order chi connectivity index (χ0) is 12.6. The first-order valence-electron chi connectivity index (χ1n) is 5.28. The Hall–Kier alpha value is -1.86. The van der Waals surface area contributed by atoms with Crippen LogP contribution >= 0.6 is 11.3 Å². The van der Waals surface area contributed by atoms with Gasteiger partial charge in [0.15, 0.2) is 0 Å². The van der Waals surface area contributed by atoms with E-state index in [2.05, 4.69) is 11.1 Å². The van der Waals surface area contributed by atoms with Crippen molar-refractivity contribution >= 4 is 17.2 Å².